The third kappa shape index (κ3) is 2.33. The van der Waals surface area contributed by atoms with E-state index in [1.165, 1.54) is 16.7 Å². The van der Waals surface area contributed by atoms with Gasteiger partial charge in [-0.25, -0.2) is 4.68 Å². The summed E-state index contributed by atoms with van der Waals surface area (Å²) in [6.07, 6.45) is 0. The molecule has 96 valence electrons. The minimum atomic E-state index is 0.0833. The molecule has 0 saturated carbocycles. The minimum Gasteiger partial charge on any atom is -0.308 e. The molecule has 1 atom stereocenters. The van der Waals surface area contributed by atoms with Crippen molar-refractivity contribution >= 4 is 15.9 Å². The van der Waals surface area contributed by atoms with E-state index in [4.69, 9.17) is 0 Å². The maximum Gasteiger partial charge on any atom is 0.153 e. The number of benzene rings is 1. The van der Waals surface area contributed by atoms with Crippen LogP contribution in [0, 0.1) is 13.8 Å². The summed E-state index contributed by atoms with van der Waals surface area (Å²) in [5.41, 5.74) is 4.81. The number of nitrogens with one attached hydrogen (secondary N) is 1. The van der Waals surface area contributed by atoms with Gasteiger partial charge in [0.15, 0.2) is 4.60 Å². The zero-order chi connectivity index (χ0) is 13.3. The molecule has 0 spiro atoms. The normalized spacial score (nSPS) is 12.7. The summed E-state index contributed by atoms with van der Waals surface area (Å²) in [5.74, 6) is 0. The van der Waals surface area contributed by atoms with Crippen molar-refractivity contribution in [1.82, 2.24) is 20.3 Å². The predicted octanol–water partition coefficient (Wildman–Crippen LogP) is 2.50. The second-order valence-electron chi connectivity index (χ2n) is 4.47. The van der Waals surface area contributed by atoms with Gasteiger partial charge < -0.3 is 5.32 Å². The Labute approximate surface area is 116 Å². The summed E-state index contributed by atoms with van der Waals surface area (Å²) >= 11 is 3.46. The van der Waals surface area contributed by atoms with Crippen LogP contribution in [0.25, 0.3) is 0 Å². The molecule has 0 radical (unpaired) electrons. The van der Waals surface area contributed by atoms with Gasteiger partial charge in [0.1, 0.15) is 0 Å². The lowest BCUT2D eigenvalue weighted by Gasteiger charge is -2.19. The highest BCUT2D eigenvalue weighted by atomic mass is 79.9. The maximum atomic E-state index is 4.05. The molecular formula is C13H17BrN4. The van der Waals surface area contributed by atoms with Crippen molar-refractivity contribution in [2.45, 2.75) is 19.9 Å². The fourth-order valence-corrected chi connectivity index (χ4v) is 2.79. The molecule has 1 heterocycles. The van der Waals surface area contributed by atoms with Gasteiger partial charge in [-0.3, -0.25) is 0 Å². The minimum absolute atomic E-state index is 0.0833. The van der Waals surface area contributed by atoms with Gasteiger partial charge in [-0.05, 0) is 48.0 Å². The summed E-state index contributed by atoms with van der Waals surface area (Å²) in [5, 5.41) is 11.4. The van der Waals surface area contributed by atoms with Gasteiger partial charge in [0.25, 0.3) is 0 Å². The number of rotatable bonds is 3. The molecule has 4 nitrogen and oxygen atoms in total. The van der Waals surface area contributed by atoms with E-state index in [-0.39, 0.29) is 6.04 Å². The molecule has 5 heteroatoms. The molecule has 0 aliphatic carbocycles. The monoisotopic (exact) mass is 308 g/mol. The first kappa shape index (κ1) is 13.2. The van der Waals surface area contributed by atoms with Crippen LogP contribution in [0.2, 0.25) is 0 Å². The molecule has 18 heavy (non-hydrogen) atoms. The molecule has 0 fully saturated rings. The Morgan fingerprint density at radius 2 is 2.06 bits per heavy atom. The topological polar surface area (TPSA) is 42.7 Å². The SMILES string of the molecule is CNC(c1ccc(C)cc1C)c1c(Br)nnn1C. The van der Waals surface area contributed by atoms with E-state index in [2.05, 4.69) is 63.6 Å². The molecule has 0 aliphatic rings. The van der Waals surface area contributed by atoms with Crippen LogP contribution in [-0.2, 0) is 7.05 Å². The highest BCUT2D eigenvalue weighted by Gasteiger charge is 2.21. The Hall–Kier alpha value is -1.20. The molecule has 0 amide bonds. The van der Waals surface area contributed by atoms with Crippen molar-refractivity contribution in [3.05, 3.63) is 45.2 Å². The van der Waals surface area contributed by atoms with Crippen LogP contribution in [0.4, 0.5) is 0 Å². The fourth-order valence-electron chi connectivity index (χ4n) is 2.23. The first-order valence-corrected chi connectivity index (χ1v) is 6.63. The molecule has 1 aromatic carbocycles. The highest BCUT2D eigenvalue weighted by molar-refractivity contribution is 9.10. The molecule has 0 bridgehead atoms. The Bertz CT molecular complexity index is 543. The first-order valence-electron chi connectivity index (χ1n) is 5.84. The molecule has 0 saturated heterocycles. The third-order valence-corrected chi connectivity index (χ3v) is 3.69. The lowest BCUT2D eigenvalue weighted by molar-refractivity contribution is 0.595. The molecule has 2 rings (SSSR count). The van der Waals surface area contributed by atoms with Crippen molar-refractivity contribution in [2.24, 2.45) is 7.05 Å². The van der Waals surface area contributed by atoms with E-state index in [1.54, 1.807) is 4.68 Å². The molecule has 1 unspecified atom stereocenters. The van der Waals surface area contributed by atoms with E-state index in [0.29, 0.717) is 0 Å². The van der Waals surface area contributed by atoms with Crippen molar-refractivity contribution in [2.75, 3.05) is 7.05 Å². The quantitative estimate of drug-likeness (QED) is 0.947. The predicted molar refractivity (Wildman–Crippen MR) is 75.5 cm³/mol. The second kappa shape index (κ2) is 5.20. The smallest absolute Gasteiger partial charge is 0.153 e. The van der Waals surface area contributed by atoms with Crippen LogP contribution in [-0.4, -0.2) is 22.0 Å². The Kier molecular flexibility index (Phi) is 3.82. The highest BCUT2D eigenvalue weighted by Crippen LogP contribution is 2.28. The van der Waals surface area contributed by atoms with Gasteiger partial charge in [-0.2, -0.15) is 0 Å². The van der Waals surface area contributed by atoms with Crippen molar-refractivity contribution < 1.29 is 0 Å². The molecular weight excluding hydrogens is 292 g/mol. The van der Waals surface area contributed by atoms with Crippen molar-refractivity contribution in [3.63, 3.8) is 0 Å². The van der Waals surface area contributed by atoms with Crippen LogP contribution in [0.3, 0.4) is 0 Å². The number of hydrogen-bond donors (Lipinski definition) is 1. The summed E-state index contributed by atoms with van der Waals surface area (Å²) in [4.78, 5) is 0. The van der Waals surface area contributed by atoms with E-state index in [9.17, 15) is 0 Å². The van der Waals surface area contributed by atoms with Crippen molar-refractivity contribution in [3.8, 4) is 0 Å². The number of nitrogens with zero attached hydrogens (tertiary/aromatic N) is 3. The van der Waals surface area contributed by atoms with Crippen LogP contribution in [0.5, 0.6) is 0 Å². The average molecular weight is 309 g/mol. The lowest BCUT2D eigenvalue weighted by Crippen LogP contribution is -2.22. The van der Waals surface area contributed by atoms with Crippen LogP contribution in [0.15, 0.2) is 22.8 Å². The standard InChI is InChI=1S/C13H17BrN4/c1-8-5-6-10(9(2)7-8)11(15-3)12-13(14)16-17-18(12)4/h5-7,11,15H,1-4H3. The number of halogens is 1. The maximum absolute atomic E-state index is 4.05. The van der Waals surface area contributed by atoms with E-state index < -0.39 is 0 Å². The lowest BCUT2D eigenvalue weighted by atomic mass is 9.97. The van der Waals surface area contributed by atoms with Gasteiger partial charge >= 0.3 is 0 Å². The molecule has 0 aliphatic heterocycles. The first-order chi connectivity index (χ1) is 8.54. The summed E-state index contributed by atoms with van der Waals surface area (Å²) in [6.45, 7) is 4.23. The Morgan fingerprint density at radius 3 is 2.56 bits per heavy atom. The zero-order valence-electron chi connectivity index (χ0n) is 11.0. The summed E-state index contributed by atoms with van der Waals surface area (Å²) in [6, 6.07) is 6.56. The van der Waals surface area contributed by atoms with Gasteiger partial charge in [0, 0.05) is 7.05 Å². The van der Waals surface area contributed by atoms with Crippen LogP contribution in [0.1, 0.15) is 28.4 Å². The van der Waals surface area contributed by atoms with Crippen LogP contribution < -0.4 is 5.32 Å². The Morgan fingerprint density at radius 1 is 1.33 bits per heavy atom. The van der Waals surface area contributed by atoms with Crippen molar-refractivity contribution in [1.29, 1.82) is 0 Å². The van der Waals surface area contributed by atoms with Gasteiger partial charge in [-0.15, -0.1) is 5.10 Å². The zero-order valence-corrected chi connectivity index (χ0v) is 12.6. The summed E-state index contributed by atoms with van der Waals surface area (Å²) in [7, 11) is 3.85. The fraction of sp³-hybridized carbons (Fsp3) is 0.385. The Balaban J connectivity index is 2.52. The van der Waals surface area contributed by atoms with Gasteiger partial charge in [0.2, 0.25) is 0 Å². The number of hydrogen-bond acceptors (Lipinski definition) is 3. The molecule has 1 aromatic heterocycles. The third-order valence-electron chi connectivity index (χ3n) is 3.13. The van der Waals surface area contributed by atoms with E-state index in [0.717, 1.165) is 10.3 Å². The molecule has 2 aromatic rings. The van der Waals surface area contributed by atoms with E-state index in [1.807, 2.05) is 14.1 Å². The largest absolute Gasteiger partial charge is 0.308 e. The van der Waals surface area contributed by atoms with Gasteiger partial charge in [0.05, 0.1) is 11.7 Å². The average Bonchev–Trinajstić information content (AvgIpc) is 2.64. The second-order valence-corrected chi connectivity index (χ2v) is 5.22. The van der Waals surface area contributed by atoms with Crippen LogP contribution >= 0.6 is 15.9 Å². The van der Waals surface area contributed by atoms with Gasteiger partial charge in [-0.1, -0.05) is 29.0 Å². The number of aromatic nitrogens is 3. The number of aryl methyl sites for hydroxylation is 3. The molecule has 1 N–H and O–H groups in total. The van der Waals surface area contributed by atoms with E-state index >= 15 is 0 Å². The summed E-state index contributed by atoms with van der Waals surface area (Å²) < 4.78 is 2.58.